The molecular weight excluding hydrogens is 261 g/mol. The maximum Gasteiger partial charge on any atom is 0.434 e. The second kappa shape index (κ2) is 4.87. The Bertz CT molecular complexity index is 470. The Morgan fingerprint density at radius 2 is 2.00 bits per heavy atom. The van der Waals surface area contributed by atoms with E-state index in [-0.39, 0.29) is 12.0 Å². The van der Waals surface area contributed by atoms with Crippen molar-refractivity contribution in [2.75, 3.05) is 0 Å². The molecular formula is C10H8F5NO2. The number of aromatic carboxylic acids is 1. The van der Waals surface area contributed by atoms with Gasteiger partial charge in [-0.3, -0.25) is 0 Å². The Hall–Kier alpha value is -1.73. The molecule has 0 aromatic carbocycles. The van der Waals surface area contributed by atoms with Crippen LogP contribution in [0.15, 0.2) is 6.07 Å². The molecule has 0 saturated heterocycles. The van der Waals surface area contributed by atoms with Crippen molar-refractivity contribution in [2.45, 2.75) is 25.9 Å². The fraction of sp³-hybridized carbons (Fsp3) is 0.400. The topological polar surface area (TPSA) is 50.2 Å². The van der Waals surface area contributed by atoms with Gasteiger partial charge in [-0.25, -0.2) is 18.6 Å². The van der Waals surface area contributed by atoms with E-state index in [1.165, 1.54) is 6.92 Å². The second-order valence-electron chi connectivity index (χ2n) is 3.39. The highest BCUT2D eigenvalue weighted by atomic mass is 19.4. The molecule has 0 radical (unpaired) electrons. The average Bonchev–Trinajstić information content (AvgIpc) is 2.25. The van der Waals surface area contributed by atoms with Crippen LogP contribution in [0.2, 0.25) is 0 Å². The van der Waals surface area contributed by atoms with Crippen molar-refractivity contribution < 1.29 is 31.9 Å². The van der Waals surface area contributed by atoms with E-state index in [0.717, 1.165) is 0 Å². The number of nitrogens with zero attached hydrogens (tertiary/aromatic N) is 1. The highest BCUT2D eigenvalue weighted by Crippen LogP contribution is 2.34. The first kappa shape index (κ1) is 14.3. The zero-order chi connectivity index (χ0) is 14.1. The molecule has 0 fully saturated rings. The minimum atomic E-state index is -5.09. The number of halogens is 5. The summed E-state index contributed by atoms with van der Waals surface area (Å²) in [5, 5.41) is 8.74. The van der Waals surface area contributed by atoms with Gasteiger partial charge in [0.25, 0.3) is 6.43 Å². The molecule has 100 valence electrons. The molecule has 0 amide bonds. The lowest BCUT2D eigenvalue weighted by Gasteiger charge is -2.14. The van der Waals surface area contributed by atoms with Crippen LogP contribution in [0.1, 0.15) is 40.7 Å². The SMILES string of the molecule is CCc1cc(C(F)F)nc(C(F)(F)F)c1C(=O)O. The van der Waals surface area contributed by atoms with Crippen molar-refractivity contribution in [3.8, 4) is 0 Å². The van der Waals surface area contributed by atoms with Crippen LogP contribution < -0.4 is 0 Å². The number of carbonyl (C=O) groups is 1. The third kappa shape index (κ3) is 2.74. The van der Waals surface area contributed by atoms with Gasteiger partial charge in [0, 0.05) is 0 Å². The number of hydrogen-bond donors (Lipinski definition) is 1. The monoisotopic (exact) mass is 269 g/mol. The molecule has 0 spiro atoms. The summed E-state index contributed by atoms with van der Waals surface area (Å²) in [4.78, 5) is 13.5. The normalized spacial score (nSPS) is 11.9. The van der Waals surface area contributed by atoms with Gasteiger partial charge < -0.3 is 5.11 Å². The quantitative estimate of drug-likeness (QED) is 0.856. The summed E-state index contributed by atoms with van der Waals surface area (Å²) in [6, 6.07) is 0.684. The van der Waals surface area contributed by atoms with Crippen LogP contribution in [-0.2, 0) is 12.6 Å². The van der Waals surface area contributed by atoms with Gasteiger partial charge in [0.15, 0.2) is 5.69 Å². The van der Waals surface area contributed by atoms with E-state index in [1.807, 2.05) is 0 Å². The van der Waals surface area contributed by atoms with E-state index in [9.17, 15) is 26.7 Å². The number of aryl methyl sites for hydroxylation is 1. The van der Waals surface area contributed by atoms with Gasteiger partial charge in [0.1, 0.15) is 5.69 Å². The van der Waals surface area contributed by atoms with Crippen LogP contribution >= 0.6 is 0 Å². The van der Waals surface area contributed by atoms with Gasteiger partial charge >= 0.3 is 12.1 Å². The number of alkyl halides is 5. The smallest absolute Gasteiger partial charge is 0.434 e. The first-order valence-electron chi connectivity index (χ1n) is 4.81. The van der Waals surface area contributed by atoms with Crippen molar-refractivity contribution in [3.63, 3.8) is 0 Å². The van der Waals surface area contributed by atoms with Crippen molar-refractivity contribution in [1.82, 2.24) is 4.98 Å². The van der Waals surface area contributed by atoms with Gasteiger partial charge in [0.2, 0.25) is 0 Å². The molecule has 0 aliphatic heterocycles. The maximum absolute atomic E-state index is 12.6. The van der Waals surface area contributed by atoms with Crippen LogP contribution in [0.3, 0.4) is 0 Å². The van der Waals surface area contributed by atoms with Gasteiger partial charge in [-0.15, -0.1) is 0 Å². The summed E-state index contributed by atoms with van der Waals surface area (Å²) in [7, 11) is 0. The Morgan fingerprint density at radius 1 is 1.44 bits per heavy atom. The van der Waals surface area contributed by atoms with E-state index in [2.05, 4.69) is 4.98 Å². The minimum Gasteiger partial charge on any atom is -0.478 e. The fourth-order valence-corrected chi connectivity index (χ4v) is 1.45. The van der Waals surface area contributed by atoms with Crippen molar-refractivity contribution in [3.05, 3.63) is 28.6 Å². The number of carboxylic acid groups (broad SMARTS) is 1. The Kier molecular flexibility index (Phi) is 3.88. The molecule has 18 heavy (non-hydrogen) atoms. The van der Waals surface area contributed by atoms with Crippen LogP contribution in [0.5, 0.6) is 0 Å². The Balaban J connectivity index is 3.63. The van der Waals surface area contributed by atoms with E-state index in [0.29, 0.717) is 6.07 Å². The lowest BCUT2D eigenvalue weighted by molar-refractivity contribution is -0.142. The first-order valence-corrected chi connectivity index (χ1v) is 4.81. The third-order valence-corrected chi connectivity index (χ3v) is 2.21. The van der Waals surface area contributed by atoms with Crippen molar-refractivity contribution in [1.29, 1.82) is 0 Å². The van der Waals surface area contributed by atoms with Crippen LogP contribution in [-0.4, -0.2) is 16.1 Å². The molecule has 1 rings (SSSR count). The summed E-state index contributed by atoms with van der Waals surface area (Å²) in [5.41, 5.74) is -4.26. The Labute approximate surface area is 98.3 Å². The van der Waals surface area contributed by atoms with Crippen molar-refractivity contribution in [2.24, 2.45) is 0 Å². The molecule has 1 heterocycles. The number of hydrogen-bond acceptors (Lipinski definition) is 2. The second-order valence-corrected chi connectivity index (χ2v) is 3.39. The predicted molar refractivity (Wildman–Crippen MR) is 50.5 cm³/mol. The molecule has 0 aliphatic carbocycles. The van der Waals surface area contributed by atoms with E-state index in [4.69, 9.17) is 5.11 Å². The average molecular weight is 269 g/mol. The van der Waals surface area contributed by atoms with Gasteiger partial charge in [-0.2, -0.15) is 13.2 Å². The number of pyridine rings is 1. The molecule has 8 heteroatoms. The zero-order valence-electron chi connectivity index (χ0n) is 9.05. The fourth-order valence-electron chi connectivity index (χ4n) is 1.45. The molecule has 1 aromatic heterocycles. The molecule has 0 aliphatic rings. The molecule has 1 aromatic rings. The van der Waals surface area contributed by atoms with Crippen LogP contribution in [0.25, 0.3) is 0 Å². The van der Waals surface area contributed by atoms with Gasteiger partial charge in [-0.1, -0.05) is 6.92 Å². The zero-order valence-corrected chi connectivity index (χ0v) is 9.05. The van der Waals surface area contributed by atoms with Crippen molar-refractivity contribution >= 4 is 5.97 Å². The number of rotatable bonds is 3. The summed E-state index contributed by atoms with van der Waals surface area (Å²) in [5.74, 6) is -1.84. The van der Waals surface area contributed by atoms with Gasteiger partial charge in [0.05, 0.1) is 5.56 Å². The van der Waals surface area contributed by atoms with E-state index < -0.39 is 35.5 Å². The van der Waals surface area contributed by atoms with Crippen LogP contribution in [0, 0.1) is 0 Å². The molecule has 0 atom stereocenters. The van der Waals surface area contributed by atoms with Gasteiger partial charge in [-0.05, 0) is 18.1 Å². The molecule has 0 unspecified atom stereocenters. The largest absolute Gasteiger partial charge is 0.478 e. The molecule has 0 saturated carbocycles. The number of aromatic nitrogens is 1. The van der Waals surface area contributed by atoms with E-state index in [1.54, 1.807) is 0 Å². The Morgan fingerprint density at radius 3 is 2.33 bits per heavy atom. The van der Waals surface area contributed by atoms with Crippen LogP contribution in [0.4, 0.5) is 22.0 Å². The standard InChI is InChI=1S/C10H8F5NO2/c1-2-4-3-5(8(11)12)16-7(10(13,14)15)6(4)9(17)18/h3,8H,2H2,1H3,(H,17,18). The molecule has 1 N–H and O–H groups in total. The number of carboxylic acids is 1. The minimum absolute atomic E-state index is 0.118. The lowest BCUT2D eigenvalue weighted by Crippen LogP contribution is -2.19. The van der Waals surface area contributed by atoms with E-state index >= 15 is 0 Å². The predicted octanol–water partition coefficient (Wildman–Crippen LogP) is 3.30. The summed E-state index contributed by atoms with van der Waals surface area (Å²) in [6.45, 7) is 1.37. The summed E-state index contributed by atoms with van der Waals surface area (Å²) >= 11 is 0. The molecule has 3 nitrogen and oxygen atoms in total. The summed E-state index contributed by atoms with van der Waals surface area (Å²) < 4.78 is 62.6. The first-order chi connectivity index (χ1) is 8.18. The third-order valence-electron chi connectivity index (χ3n) is 2.21. The highest BCUT2D eigenvalue weighted by Gasteiger charge is 2.39. The lowest BCUT2D eigenvalue weighted by atomic mass is 10.0. The molecule has 0 bridgehead atoms. The summed E-state index contributed by atoms with van der Waals surface area (Å²) in [6.07, 6.45) is -8.41. The maximum atomic E-state index is 12.6. The highest BCUT2D eigenvalue weighted by molar-refractivity contribution is 5.91.